The van der Waals surface area contributed by atoms with Crippen LogP contribution in [0, 0.1) is 11.3 Å². The van der Waals surface area contributed by atoms with Gasteiger partial charge in [-0.15, -0.1) is 0 Å². The van der Waals surface area contributed by atoms with E-state index in [0.717, 1.165) is 5.92 Å². The molecule has 0 bridgehead atoms. The van der Waals surface area contributed by atoms with Gasteiger partial charge in [-0.1, -0.05) is 44.1 Å². The molecule has 72 valence electrons. The van der Waals surface area contributed by atoms with Crippen LogP contribution in [0.3, 0.4) is 0 Å². The molecule has 0 heterocycles. The normalized spacial score (nSPS) is 33.0. The summed E-state index contributed by atoms with van der Waals surface area (Å²) < 4.78 is 0. The van der Waals surface area contributed by atoms with Crippen LogP contribution < -0.4 is 0 Å². The second-order valence-electron chi connectivity index (χ2n) is 4.77. The van der Waals surface area contributed by atoms with Crippen molar-refractivity contribution < 1.29 is 0 Å². The van der Waals surface area contributed by atoms with Crippen LogP contribution >= 0.6 is 0 Å². The highest BCUT2D eigenvalue weighted by molar-refractivity contribution is 5.29. The smallest absolute Gasteiger partial charge is 0.0114 e. The van der Waals surface area contributed by atoms with E-state index in [-0.39, 0.29) is 0 Å². The molecule has 0 heteroatoms. The maximum Gasteiger partial charge on any atom is 0.0114 e. The molecule has 1 fully saturated rings. The maximum atomic E-state index is 2.49. The van der Waals surface area contributed by atoms with Gasteiger partial charge in [-0.25, -0.2) is 0 Å². The predicted octanol–water partition coefficient (Wildman–Crippen LogP) is 4.09. The van der Waals surface area contributed by atoms with Crippen molar-refractivity contribution in [1.82, 2.24) is 0 Å². The van der Waals surface area contributed by atoms with Gasteiger partial charge in [0.25, 0.3) is 0 Å². The van der Waals surface area contributed by atoms with E-state index in [1.165, 1.54) is 32.1 Å². The van der Waals surface area contributed by atoms with E-state index in [9.17, 15) is 0 Å². The predicted molar refractivity (Wildman–Crippen MR) is 57.6 cm³/mol. The summed E-state index contributed by atoms with van der Waals surface area (Å²) in [5.41, 5.74) is 2.19. The minimum Gasteiger partial charge on any atom is -0.0839 e. The summed E-state index contributed by atoms with van der Waals surface area (Å²) in [4.78, 5) is 0. The van der Waals surface area contributed by atoms with E-state index in [4.69, 9.17) is 0 Å². The summed E-state index contributed by atoms with van der Waals surface area (Å²) >= 11 is 0. The molecule has 2 rings (SSSR count). The summed E-state index contributed by atoms with van der Waals surface area (Å²) in [6.45, 7) is 4.74. The first-order chi connectivity index (χ1) is 6.26. The van der Waals surface area contributed by atoms with Crippen LogP contribution in [-0.2, 0) is 0 Å². The monoisotopic (exact) mass is 176 g/mol. The summed E-state index contributed by atoms with van der Waals surface area (Å²) in [6, 6.07) is 0. The highest BCUT2D eigenvalue weighted by Gasteiger charge is 2.37. The first kappa shape index (κ1) is 9.05. The van der Waals surface area contributed by atoms with Gasteiger partial charge in [0.2, 0.25) is 0 Å². The molecule has 0 aliphatic heterocycles. The van der Waals surface area contributed by atoms with Gasteiger partial charge in [0.15, 0.2) is 0 Å². The van der Waals surface area contributed by atoms with Crippen molar-refractivity contribution in [2.45, 2.75) is 46.0 Å². The van der Waals surface area contributed by atoms with Crippen molar-refractivity contribution in [3.8, 4) is 0 Å². The van der Waals surface area contributed by atoms with Crippen molar-refractivity contribution in [2.75, 3.05) is 0 Å². The van der Waals surface area contributed by atoms with Crippen LogP contribution in [0.2, 0.25) is 0 Å². The average Bonchev–Trinajstić information content (AvgIpc) is 2.17. The fraction of sp³-hybridized carbons (Fsp3) is 0.692. The van der Waals surface area contributed by atoms with E-state index in [2.05, 4.69) is 32.1 Å². The van der Waals surface area contributed by atoms with Gasteiger partial charge in [0.05, 0.1) is 0 Å². The Morgan fingerprint density at radius 1 is 1.31 bits per heavy atom. The lowest BCUT2D eigenvalue weighted by molar-refractivity contribution is 0.252. The Labute approximate surface area is 81.7 Å². The minimum absolute atomic E-state index is 0.455. The summed E-state index contributed by atoms with van der Waals surface area (Å²) in [6.07, 6.45) is 14.0. The summed E-state index contributed by atoms with van der Waals surface area (Å²) in [7, 11) is 0. The first-order valence-corrected chi connectivity index (χ1v) is 5.63. The third kappa shape index (κ3) is 1.37. The molecule has 1 unspecified atom stereocenters. The van der Waals surface area contributed by atoms with Crippen molar-refractivity contribution in [2.24, 2.45) is 11.3 Å². The Kier molecular flexibility index (Phi) is 2.31. The van der Waals surface area contributed by atoms with E-state index >= 15 is 0 Å². The Bertz CT molecular complexity index is 245. The van der Waals surface area contributed by atoms with Crippen LogP contribution in [0.4, 0.5) is 0 Å². The third-order valence-electron chi connectivity index (χ3n) is 3.83. The zero-order chi connectivity index (χ0) is 9.31. The summed E-state index contributed by atoms with van der Waals surface area (Å²) in [5.74, 6) is 0.774. The number of fused-ring (bicyclic) bond motifs is 1. The molecule has 0 nitrogen and oxygen atoms in total. The molecule has 0 amide bonds. The molecule has 2 aliphatic carbocycles. The lowest BCUT2D eigenvalue weighted by atomic mass is 9.62. The quantitative estimate of drug-likeness (QED) is 0.528. The molecule has 13 heavy (non-hydrogen) atoms. The molecule has 0 aromatic carbocycles. The van der Waals surface area contributed by atoms with Crippen molar-refractivity contribution >= 4 is 0 Å². The fourth-order valence-corrected chi connectivity index (χ4v) is 2.95. The topological polar surface area (TPSA) is 0 Å². The summed E-state index contributed by atoms with van der Waals surface area (Å²) in [5, 5.41) is 0. The van der Waals surface area contributed by atoms with Gasteiger partial charge in [0, 0.05) is 5.41 Å². The Hall–Kier alpha value is -0.520. The fourth-order valence-electron chi connectivity index (χ4n) is 2.95. The maximum absolute atomic E-state index is 2.49. The number of hydrogen-bond donors (Lipinski definition) is 0. The molecule has 0 aromatic heterocycles. The standard InChI is InChI=1S/C13H20/c1-11(2)13-9-5-3-7-12(13)8-4-6-10-13/h5,7,9,11H,3-4,6,8,10H2,1-2H3. The van der Waals surface area contributed by atoms with Gasteiger partial charge >= 0.3 is 0 Å². The van der Waals surface area contributed by atoms with Crippen LogP contribution in [0.5, 0.6) is 0 Å². The highest BCUT2D eigenvalue weighted by Crippen LogP contribution is 2.49. The number of allylic oxidation sites excluding steroid dienone is 4. The molecule has 0 radical (unpaired) electrons. The van der Waals surface area contributed by atoms with E-state index in [1.807, 2.05) is 0 Å². The molecule has 2 aliphatic rings. The van der Waals surface area contributed by atoms with Crippen LogP contribution in [0.1, 0.15) is 46.0 Å². The van der Waals surface area contributed by atoms with Crippen LogP contribution in [0.15, 0.2) is 23.8 Å². The molecule has 0 saturated heterocycles. The van der Waals surface area contributed by atoms with E-state index in [1.54, 1.807) is 5.57 Å². The van der Waals surface area contributed by atoms with E-state index in [0.29, 0.717) is 5.41 Å². The second kappa shape index (κ2) is 3.32. The van der Waals surface area contributed by atoms with Gasteiger partial charge < -0.3 is 0 Å². The van der Waals surface area contributed by atoms with E-state index < -0.39 is 0 Å². The highest BCUT2D eigenvalue weighted by atomic mass is 14.4. The molecule has 1 saturated carbocycles. The lowest BCUT2D eigenvalue weighted by Crippen LogP contribution is -2.31. The second-order valence-corrected chi connectivity index (χ2v) is 4.77. The van der Waals surface area contributed by atoms with Gasteiger partial charge in [-0.05, 0) is 31.6 Å². The van der Waals surface area contributed by atoms with Gasteiger partial charge in [0.1, 0.15) is 0 Å². The first-order valence-electron chi connectivity index (χ1n) is 5.63. The third-order valence-corrected chi connectivity index (χ3v) is 3.83. The minimum atomic E-state index is 0.455. The van der Waals surface area contributed by atoms with Crippen molar-refractivity contribution in [3.63, 3.8) is 0 Å². The SMILES string of the molecule is CC(C)C12C=CCC=C1CCCC2. The van der Waals surface area contributed by atoms with Crippen molar-refractivity contribution in [3.05, 3.63) is 23.8 Å². The average molecular weight is 176 g/mol. The number of rotatable bonds is 1. The zero-order valence-electron chi connectivity index (χ0n) is 8.84. The van der Waals surface area contributed by atoms with Crippen LogP contribution in [0.25, 0.3) is 0 Å². The van der Waals surface area contributed by atoms with Gasteiger partial charge in [-0.2, -0.15) is 0 Å². The number of hydrogen-bond acceptors (Lipinski definition) is 0. The van der Waals surface area contributed by atoms with Crippen LogP contribution in [-0.4, -0.2) is 0 Å². The Morgan fingerprint density at radius 2 is 2.15 bits per heavy atom. The molecular formula is C13H20. The Morgan fingerprint density at radius 3 is 2.85 bits per heavy atom. The molecule has 0 N–H and O–H groups in total. The largest absolute Gasteiger partial charge is 0.0839 e. The van der Waals surface area contributed by atoms with Crippen molar-refractivity contribution in [1.29, 1.82) is 0 Å². The molecule has 0 spiro atoms. The van der Waals surface area contributed by atoms with Gasteiger partial charge in [-0.3, -0.25) is 0 Å². The molecule has 1 atom stereocenters. The Balaban J connectivity index is 2.33. The molecule has 0 aromatic rings. The molecular weight excluding hydrogens is 156 g/mol. The lowest BCUT2D eigenvalue weighted by Gasteiger charge is -2.42. The zero-order valence-corrected chi connectivity index (χ0v) is 8.84.